The molecule has 0 bridgehead atoms. The van der Waals surface area contributed by atoms with Gasteiger partial charge in [0, 0.05) is 17.4 Å². The average molecular weight is 404 g/mol. The molecule has 1 aromatic heterocycles. The number of benzene rings is 4. The standard InChI is InChI=1S/C28H18ClN/c29-22-13-15-25-24(17-22)27-23-11-5-4-7-19(23)12-14-26(27)28(25,20-8-2-1-3-9-20)21-10-6-16-30-18-21/h1-18H. The van der Waals surface area contributed by atoms with E-state index in [1.807, 2.05) is 24.5 Å². The Morgan fingerprint density at radius 3 is 2.27 bits per heavy atom. The smallest absolute Gasteiger partial charge is 0.0728 e. The maximum atomic E-state index is 6.51. The van der Waals surface area contributed by atoms with Crippen LogP contribution < -0.4 is 0 Å². The molecule has 1 unspecified atom stereocenters. The van der Waals surface area contributed by atoms with Gasteiger partial charge in [-0.2, -0.15) is 0 Å². The van der Waals surface area contributed by atoms with Crippen LogP contribution in [0.15, 0.2) is 109 Å². The molecule has 1 atom stereocenters. The van der Waals surface area contributed by atoms with E-state index in [9.17, 15) is 0 Å². The maximum absolute atomic E-state index is 6.51. The highest BCUT2D eigenvalue weighted by Gasteiger charge is 2.46. The Bertz CT molecular complexity index is 1350. The molecule has 0 aliphatic heterocycles. The Kier molecular flexibility index (Phi) is 3.81. The van der Waals surface area contributed by atoms with E-state index in [4.69, 9.17) is 11.6 Å². The Hall–Kier alpha value is -3.42. The molecule has 30 heavy (non-hydrogen) atoms. The second kappa shape index (κ2) is 6.55. The summed E-state index contributed by atoms with van der Waals surface area (Å²) in [7, 11) is 0. The van der Waals surface area contributed by atoms with Crippen molar-refractivity contribution < 1.29 is 0 Å². The van der Waals surface area contributed by atoms with Gasteiger partial charge in [0.15, 0.2) is 0 Å². The Morgan fingerprint density at radius 1 is 0.667 bits per heavy atom. The lowest BCUT2D eigenvalue weighted by atomic mass is 9.68. The highest BCUT2D eigenvalue weighted by molar-refractivity contribution is 6.31. The van der Waals surface area contributed by atoms with Gasteiger partial charge in [0.2, 0.25) is 0 Å². The van der Waals surface area contributed by atoms with Crippen molar-refractivity contribution >= 4 is 22.4 Å². The Morgan fingerprint density at radius 2 is 1.43 bits per heavy atom. The van der Waals surface area contributed by atoms with E-state index in [0.29, 0.717) is 0 Å². The molecule has 0 saturated carbocycles. The van der Waals surface area contributed by atoms with Crippen LogP contribution in [0.2, 0.25) is 5.02 Å². The van der Waals surface area contributed by atoms with Gasteiger partial charge in [-0.25, -0.2) is 0 Å². The predicted octanol–water partition coefficient (Wildman–Crippen LogP) is 7.25. The first-order valence-corrected chi connectivity index (χ1v) is 10.5. The maximum Gasteiger partial charge on any atom is 0.0728 e. The van der Waals surface area contributed by atoms with Crippen LogP contribution in [0.4, 0.5) is 0 Å². The van der Waals surface area contributed by atoms with Crippen molar-refractivity contribution in [1.82, 2.24) is 4.98 Å². The van der Waals surface area contributed by atoms with Crippen LogP contribution in [0.3, 0.4) is 0 Å². The van der Waals surface area contributed by atoms with E-state index in [2.05, 4.69) is 89.9 Å². The highest BCUT2D eigenvalue weighted by atomic mass is 35.5. The molecule has 142 valence electrons. The number of aromatic nitrogens is 1. The molecule has 0 spiro atoms. The largest absolute Gasteiger partial charge is 0.264 e. The van der Waals surface area contributed by atoms with Gasteiger partial charge in [0.1, 0.15) is 0 Å². The van der Waals surface area contributed by atoms with Crippen LogP contribution in [0.25, 0.3) is 21.9 Å². The molecule has 5 aromatic rings. The zero-order valence-electron chi connectivity index (χ0n) is 16.2. The van der Waals surface area contributed by atoms with Crippen molar-refractivity contribution in [2.45, 2.75) is 5.41 Å². The van der Waals surface area contributed by atoms with Gasteiger partial charge in [-0.05, 0) is 62.4 Å². The number of rotatable bonds is 2. The Labute approximate surface area is 180 Å². The van der Waals surface area contributed by atoms with Gasteiger partial charge >= 0.3 is 0 Å². The SMILES string of the molecule is Clc1ccc2c(c1)-c1c(ccc3ccccc13)C2(c1ccccc1)c1cccnc1. The third-order valence-corrected chi connectivity index (χ3v) is 6.52. The fourth-order valence-electron chi connectivity index (χ4n) is 5.13. The minimum atomic E-state index is -0.436. The molecule has 1 nitrogen and oxygen atoms in total. The number of halogens is 1. The van der Waals surface area contributed by atoms with Crippen molar-refractivity contribution in [1.29, 1.82) is 0 Å². The van der Waals surface area contributed by atoms with Crippen LogP contribution in [0.5, 0.6) is 0 Å². The van der Waals surface area contributed by atoms with Crippen LogP contribution in [-0.4, -0.2) is 4.98 Å². The summed E-state index contributed by atoms with van der Waals surface area (Å²) in [5.41, 5.74) is 6.94. The van der Waals surface area contributed by atoms with Crippen LogP contribution in [-0.2, 0) is 5.41 Å². The fourth-order valence-corrected chi connectivity index (χ4v) is 5.30. The lowest BCUT2D eigenvalue weighted by Gasteiger charge is -2.33. The summed E-state index contributed by atoms with van der Waals surface area (Å²) in [5.74, 6) is 0. The molecule has 2 heteroatoms. The second-order valence-electron chi connectivity index (χ2n) is 7.76. The first-order chi connectivity index (χ1) is 14.8. The van der Waals surface area contributed by atoms with E-state index < -0.39 is 5.41 Å². The summed E-state index contributed by atoms with van der Waals surface area (Å²) < 4.78 is 0. The fraction of sp³-hybridized carbons (Fsp3) is 0.0357. The topological polar surface area (TPSA) is 12.9 Å². The van der Waals surface area contributed by atoms with Crippen molar-refractivity contribution in [3.63, 3.8) is 0 Å². The molecule has 0 N–H and O–H groups in total. The molecule has 1 heterocycles. The van der Waals surface area contributed by atoms with Gasteiger partial charge in [-0.3, -0.25) is 4.98 Å². The third-order valence-electron chi connectivity index (χ3n) is 6.29. The zero-order valence-corrected chi connectivity index (χ0v) is 17.0. The van der Waals surface area contributed by atoms with Crippen molar-refractivity contribution in [2.24, 2.45) is 0 Å². The lowest BCUT2D eigenvalue weighted by molar-refractivity contribution is 0.763. The van der Waals surface area contributed by atoms with Crippen molar-refractivity contribution in [2.75, 3.05) is 0 Å². The first kappa shape index (κ1) is 17.4. The number of fused-ring (bicyclic) bond motifs is 5. The highest BCUT2D eigenvalue weighted by Crippen LogP contribution is 2.57. The minimum absolute atomic E-state index is 0.436. The summed E-state index contributed by atoms with van der Waals surface area (Å²) in [4.78, 5) is 4.50. The van der Waals surface area contributed by atoms with Gasteiger partial charge in [0.25, 0.3) is 0 Å². The molecular weight excluding hydrogens is 386 g/mol. The quantitative estimate of drug-likeness (QED) is 0.296. The molecule has 0 saturated heterocycles. The molecule has 1 aliphatic carbocycles. The van der Waals surface area contributed by atoms with Crippen molar-refractivity contribution in [3.05, 3.63) is 137 Å². The zero-order chi connectivity index (χ0) is 20.1. The van der Waals surface area contributed by atoms with Crippen molar-refractivity contribution in [3.8, 4) is 11.1 Å². The van der Waals surface area contributed by atoms with E-state index in [0.717, 1.165) is 10.6 Å². The lowest BCUT2D eigenvalue weighted by Crippen LogP contribution is -2.28. The second-order valence-corrected chi connectivity index (χ2v) is 8.19. The molecule has 0 fully saturated rings. The van der Waals surface area contributed by atoms with Gasteiger partial charge < -0.3 is 0 Å². The molecule has 0 radical (unpaired) electrons. The van der Waals surface area contributed by atoms with Crippen LogP contribution in [0, 0.1) is 0 Å². The summed E-state index contributed by atoms with van der Waals surface area (Å²) >= 11 is 6.51. The molecule has 0 amide bonds. The third kappa shape index (κ3) is 2.27. The summed E-state index contributed by atoms with van der Waals surface area (Å²) in [6.07, 6.45) is 3.83. The van der Waals surface area contributed by atoms with E-state index in [1.165, 1.54) is 38.6 Å². The average Bonchev–Trinajstić information content (AvgIpc) is 3.11. The van der Waals surface area contributed by atoms with Gasteiger partial charge in [-0.15, -0.1) is 0 Å². The number of hydrogen-bond donors (Lipinski definition) is 0. The first-order valence-electron chi connectivity index (χ1n) is 10.1. The minimum Gasteiger partial charge on any atom is -0.264 e. The van der Waals surface area contributed by atoms with Gasteiger partial charge in [0.05, 0.1) is 5.41 Å². The number of pyridine rings is 1. The molecule has 6 rings (SSSR count). The summed E-state index contributed by atoms with van der Waals surface area (Å²) in [5, 5.41) is 3.24. The normalized spacial score (nSPS) is 17.0. The van der Waals surface area contributed by atoms with Gasteiger partial charge in [-0.1, -0.05) is 90.5 Å². The summed E-state index contributed by atoms with van der Waals surface area (Å²) in [6.45, 7) is 0. The van der Waals surface area contributed by atoms with E-state index in [1.54, 1.807) is 0 Å². The number of nitrogens with zero attached hydrogens (tertiary/aromatic N) is 1. The molecular formula is C28H18ClN. The molecule has 1 aliphatic rings. The molecule has 4 aromatic carbocycles. The predicted molar refractivity (Wildman–Crippen MR) is 124 cm³/mol. The van der Waals surface area contributed by atoms with Crippen LogP contribution >= 0.6 is 11.6 Å². The summed E-state index contributed by atoms with van der Waals surface area (Å²) in [6, 6.07) is 34.3. The van der Waals surface area contributed by atoms with E-state index in [-0.39, 0.29) is 0 Å². The van der Waals surface area contributed by atoms with Crippen LogP contribution in [0.1, 0.15) is 22.3 Å². The van der Waals surface area contributed by atoms with E-state index >= 15 is 0 Å². The number of hydrogen-bond acceptors (Lipinski definition) is 1. The monoisotopic (exact) mass is 403 g/mol. The Balaban J connectivity index is 1.86.